The number of nitrogens with zero attached hydrogens (tertiary/aromatic N) is 1. The normalized spacial score (nSPS) is 14.6. The number of hydrogen-bond donors (Lipinski definition) is 2. The smallest absolute Gasteiger partial charge is 0.238 e. The van der Waals surface area contributed by atoms with Crippen LogP contribution in [0.2, 0.25) is 0 Å². The largest absolute Gasteiger partial charge is 0.399 e. The van der Waals surface area contributed by atoms with Crippen molar-refractivity contribution in [2.24, 2.45) is 0 Å². The summed E-state index contributed by atoms with van der Waals surface area (Å²) in [6.07, 6.45) is 2.36. The lowest BCUT2D eigenvalue weighted by Crippen LogP contribution is -2.37. The van der Waals surface area contributed by atoms with Crippen LogP contribution in [0.4, 0.5) is 11.4 Å². The molecule has 3 N–H and O–H groups in total. The van der Waals surface area contributed by atoms with E-state index in [1.54, 1.807) is 13.2 Å². The molecule has 1 aliphatic rings. The molecule has 0 bridgehead atoms. The Labute approximate surface area is 120 Å². The molecule has 2 rings (SSSR count). The van der Waals surface area contributed by atoms with Crippen molar-refractivity contribution in [3.05, 3.63) is 23.8 Å². The average molecular weight is 277 g/mol. The highest BCUT2D eigenvalue weighted by molar-refractivity contribution is 5.93. The number of nitrogen functional groups attached to an aromatic ring is 1. The maximum Gasteiger partial charge on any atom is 0.238 e. The van der Waals surface area contributed by atoms with E-state index < -0.39 is 0 Å². The molecule has 1 fully saturated rings. The summed E-state index contributed by atoms with van der Waals surface area (Å²) in [6.45, 7) is 3.81. The lowest BCUT2D eigenvalue weighted by Gasteiger charge is -2.21. The molecular weight excluding hydrogens is 254 g/mol. The number of hydrogen-bond acceptors (Lipinski definition) is 4. The predicted molar refractivity (Wildman–Crippen MR) is 80.7 cm³/mol. The van der Waals surface area contributed by atoms with Gasteiger partial charge in [-0.3, -0.25) is 9.69 Å². The van der Waals surface area contributed by atoms with Gasteiger partial charge >= 0.3 is 0 Å². The average Bonchev–Trinajstić information content (AvgIpc) is 3.22. The van der Waals surface area contributed by atoms with E-state index in [2.05, 4.69) is 10.2 Å². The van der Waals surface area contributed by atoms with Crippen LogP contribution in [-0.4, -0.2) is 43.7 Å². The highest BCUT2D eigenvalue weighted by atomic mass is 16.5. The van der Waals surface area contributed by atoms with Crippen molar-refractivity contribution in [2.75, 3.05) is 37.9 Å². The van der Waals surface area contributed by atoms with E-state index in [4.69, 9.17) is 10.5 Å². The van der Waals surface area contributed by atoms with Gasteiger partial charge in [-0.15, -0.1) is 0 Å². The summed E-state index contributed by atoms with van der Waals surface area (Å²) in [5.74, 6) is 0.0147. The zero-order valence-corrected chi connectivity index (χ0v) is 12.2. The molecular formula is C15H23N3O2. The van der Waals surface area contributed by atoms with Crippen molar-refractivity contribution in [3.63, 3.8) is 0 Å². The van der Waals surface area contributed by atoms with Crippen molar-refractivity contribution >= 4 is 17.3 Å². The van der Waals surface area contributed by atoms with Crippen LogP contribution in [0.1, 0.15) is 18.4 Å². The van der Waals surface area contributed by atoms with Crippen LogP contribution in [-0.2, 0) is 9.53 Å². The monoisotopic (exact) mass is 277 g/mol. The molecule has 5 heteroatoms. The van der Waals surface area contributed by atoms with E-state index >= 15 is 0 Å². The second-order valence-electron chi connectivity index (χ2n) is 5.32. The first-order valence-corrected chi connectivity index (χ1v) is 6.99. The molecule has 110 valence electrons. The van der Waals surface area contributed by atoms with Gasteiger partial charge in [0.25, 0.3) is 0 Å². The van der Waals surface area contributed by atoms with E-state index in [9.17, 15) is 4.79 Å². The number of rotatable bonds is 7. The molecule has 1 aliphatic carbocycles. The van der Waals surface area contributed by atoms with E-state index in [-0.39, 0.29) is 5.91 Å². The number of methoxy groups -OCH3 is 1. The number of ether oxygens (including phenoxy) is 1. The summed E-state index contributed by atoms with van der Waals surface area (Å²) in [5.41, 5.74) is 8.22. The van der Waals surface area contributed by atoms with Gasteiger partial charge in [-0.05, 0) is 43.5 Å². The van der Waals surface area contributed by atoms with Gasteiger partial charge in [-0.25, -0.2) is 0 Å². The summed E-state index contributed by atoms with van der Waals surface area (Å²) in [6, 6.07) is 6.05. The van der Waals surface area contributed by atoms with Gasteiger partial charge in [0, 0.05) is 31.1 Å². The molecule has 1 aromatic rings. The number of carbonyl (C=O) groups is 1. The first kappa shape index (κ1) is 14.8. The quantitative estimate of drug-likeness (QED) is 0.743. The first-order valence-electron chi connectivity index (χ1n) is 6.99. The number of nitrogens with one attached hydrogen (secondary N) is 1. The van der Waals surface area contributed by atoms with Crippen molar-refractivity contribution < 1.29 is 9.53 Å². The van der Waals surface area contributed by atoms with Crippen LogP contribution < -0.4 is 11.1 Å². The summed E-state index contributed by atoms with van der Waals surface area (Å²) < 4.78 is 5.10. The topological polar surface area (TPSA) is 67.6 Å². The van der Waals surface area contributed by atoms with Crippen LogP contribution in [0.3, 0.4) is 0 Å². The molecule has 1 saturated carbocycles. The Hall–Kier alpha value is -1.59. The molecule has 0 unspecified atom stereocenters. The molecule has 0 aliphatic heterocycles. The third kappa shape index (κ3) is 4.21. The Bertz CT molecular complexity index is 472. The summed E-state index contributed by atoms with van der Waals surface area (Å²) in [5, 5.41) is 2.95. The van der Waals surface area contributed by atoms with E-state index in [1.807, 2.05) is 19.1 Å². The molecule has 1 aromatic carbocycles. The maximum absolute atomic E-state index is 12.1. The summed E-state index contributed by atoms with van der Waals surface area (Å²) in [4.78, 5) is 14.3. The second kappa shape index (κ2) is 6.72. The van der Waals surface area contributed by atoms with Gasteiger partial charge in [-0.1, -0.05) is 0 Å². The fraction of sp³-hybridized carbons (Fsp3) is 0.533. The molecule has 0 heterocycles. The van der Waals surface area contributed by atoms with Crippen molar-refractivity contribution in [3.8, 4) is 0 Å². The Balaban J connectivity index is 1.90. The van der Waals surface area contributed by atoms with Crippen LogP contribution in [0.15, 0.2) is 18.2 Å². The van der Waals surface area contributed by atoms with Crippen molar-refractivity contribution in [1.29, 1.82) is 0 Å². The number of carbonyl (C=O) groups excluding carboxylic acids is 1. The summed E-state index contributed by atoms with van der Waals surface area (Å²) >= 11 is 0. The number of aryl methyl sites for hydroxylation is 1. The van der Waals surface area contributed by atoms with Gasteiger partial charge in [0.1, 0.15) is 0 Å². The van der Waals surface area contributed by atoms with Crippen LogP contribution in [0.25, 0.3) is 0 Å². The number of amides is 1. The third-order valence-electron chi connectivity index (χ3n) is 3.52. The summed E-state index contributed by atoms with van der Waals surface area (Å²) in [7, 11) is 1.68. The maximum atomic E-state index is 12.1. The fourth-order valence-electron chi connectivity index (χ4n) is 2.24. The minimum absolute atomic E-state index is 0.0147. The minimum atomic E-state index is 0.0147. The lowest BCUT2D eigenvalue weighted by molar-refractivity contribution is -0.117. The van der Waals surface area contributed by atoms with Crippen LogP contribution in [0.5, 0.6) is 0 Å². The molecule has 0 spiro atoms. The zero-order valence-electron chi connectivity index (χ0n) is 12.2. The molecule has 0 radical (unpaired) electrons. The fourth-order valence-corrected chi connectivity index (χ4v) is 2.24. The number of benzene rings is 1. The Morgan fingerprint density at radius 3 is 2.85 bits per heavy atom. The predicted octanol–water partition coefficient (Wildman–Crippen LogP) is 1.63. The van der Waals surface area contributed by atoms with E-state index in [0.717, 1.165) is 17.8 Å². The van der Waals surface area contributed by atoms with Gasteiger partial charge in [0.15, 0.2) is 0 Å². The van der Waals surface area contributed by atoms with Crippen molar-refractivity contribution in [2.45, 2.75) is 25.8 Å². The highest BCUT2D eigenvalue weighted by Gasteiger charge is 2.29. The molecule has 0 saturated heterocycles. The van der Waals surface area contributed by atoms with Gasteiger partial charge in [-0.2, -0.15) is 0 Å². The Kier molecular flexibility index (Phi) is 4.98. The van der Waals surface area contributed by atoms with Crippen LogP contribution in [0, 0.1) is 6.92 Å². The van der Waals surface area contributed by atoms with Crippen molar-refractivity contribution in [1.82, 2.24) is 4.90 Å². The molecule has 0 atom stereocenters. The minimum Gasteiger partial charge on any atom is -0.399 e. The molecule has 1 amide bonds. The Morgan fingerprint density at radius 1 is 1.50 bits per heavy atom. The Morgan fingerprint density at radius 2 is 2.25 bits per heavy atom. The SMILES string of the molecule is COCCN(CC(=O)Nc1ccc(N)cc1C)C1CC1. The first-order chi connectivity index (χ1) is 9.60. The van der Waals surface area contributed by atoms with Crippen LogP contribution >= 0.6 is 0 Å². The number of nitrogens with two attached hydrogens (primary N) is 1. The third-order valence-corrected chi connectivity index (χ3v) is 3.52. The lowest BCUT2D eigenvalue weighted by atomic mass is 10.2. The standard InChI is InChI=1S/C15H23N3O2/c1-11-9-12(16)3-6-14(11)17-15(19)10-18(7-8-20-2)13-4-5-13/h3,6,9,13H,4-5,7-8,10,16H2,1-2H3,(H,17,19). The zero-order chi connectivity index (χ0) is 14.5. The molecule has 20 heavy (non-hydrogen) atoms. The molecule has 5 nitrogen and oxygen atoms in total. The number of anilines is 2. The van der Waals surface area contributed by atoms with E-state index in [0.29, 0.717) is 24.9 Å². The molecule has 0 aromatic heterocycles. The van der Waals surface area contributed by atoms with Gasteiger partial charge in [0.05, 0.1) is 13.2 Å². The van der Waals surface area contributed by atoms with Gasteiger partial charge in [0.2, 0.25) is 5.91 Å². The van der Waals surface area contributed by atoms with Gasteiger partial charge < -0.3 is 15.8 Å². The van der Waals surface area contributed by atoms with E-state index in [1.165, 1.54) is 12.8 Å². The second-order valence-corrected chi connectivity index (χ2v) is 5.32. The highest BCUT2D eigenvalue weighted by Crippen LogP contribution is 2.26.